The van der Waals surface area contributed by atoms with Crippen molar-refractivity contribution < 1.29 is 17.9 Å². The highest BCUT2D eigenvalue weighted by Gasteiger charge is 2.37. The van der Waals surface area contributed by atoms with E-state index < -0.39 is 22.0 Å². The van der Waals surface area contributed by atoms with Gasteiger partial charge in [0.15, 0.2) is 10.4 Å². The van der Waals surface area contributed by atoms with Crippen molar-refractivity contribution in [3.8, 4) is 5.75 Å². The maximum atomic E-state index is 13.2. The fraction of sp³-hybridized carbons (Fsp3) is 0.167. The van der Waals surface area contributed by atoms with E-state index in [4.69, 9.17) is 4.74 Å². The number of rotatable bonds is 5. The Morgan fingerprint density at radius 2 is 1.90 bits per heavy atom. The SMILES string of the molecule is CSc1nnc(NC(=O)C2CN(S(=O)(=O)c3ccccc3)c3ccccc3O2)s1. The highest BCUT2D eigenvalue weighted by molar-refractivity contribution is 8.00. The lowest BCUT2D eigenvalue weighted by Gasteiger charge is -2.34. The zero-order valence-corrected chi connectivity index (χ0v) is 17.6. The first-order valence-electron chi connectivity index (χ1n) is 8.51. The molecule has 2 aromatic carbocycles. The first-order chi connectivity index (χ1) is 14.0. The van der Waals surface area contributed by atoms with Gasteiger partial charge in [0.05, 0.1) is 17.1 Å². The molecule has 1 aliphatic rings. The van der Waals surface area contributed by atoms with Crippen molar-refractivity contribution in [3.05, 3.63) is 54.6 Å². The van der Waals surface area contributed by atoms with Crippen molar-refractivity contribution in [1.82, 2.24) is 10.2 Å². The van der Waals surface area contributed by atoms with E-state index in [-0.39, 0.29) is 11.4 Å². The molecule has 1 amide bonds. The van der Waals surface area contributed by atoms with Gasteiger partial charge in [-0.1, -0.05) is 53.4 Å². The van der Waals surface area contributed by atoms with Crippen LogP contribution in [0.4, 0.5) is 10.8 Å². The van der Waals surface area contributed by atoms with Crippen molar-refractivity contribution in [3.63, 3.8) is 0 Å². The summed E-state index contributed by atoms with van der Waals surface area (Å²) in [6, 6.07) is 14.8. The van der Waals surface area contributed by atoms with Crippen LogP contribution in [0.3, 0.4) is 0 Å². The summed E-state index contributed by atoms with van der Waals surface area (Å²) in [7, 11) is -3.87. The van der Waals surface area contributed by atoms with E-state index in [9.17, 15) is 13.2 Å². The van der Waals surface area contributed by atoms with Crippen LogP contribution >= 0.6 is 23.1 Å². The van der Waals surface area contributed by atoms with Gasteiger partial charge < -0.3 is 4.74 Å². The van der Waals surface area contributed by atoms with Gasteiger partial charge in [-0.2, -0.15) is 0 Å². The van der Waals surface area contributed by atoms with Crippen LogP contribution in [-0.2, 0) is 14.8 Å². The molecule has 150 valence electrons. The van der Waals surface area contributed by atoms with Gasteiger partial charge in [-0.25, -0.2) is 8.42 Å². The minimum atomic E-state index is -3.87. The summed E-state index contributed by atoms with van der Waals surface area (Å²) < 4.78 is 34.2. The summed E-state index contributed by atoms with van der Waals surface area (Å²) >= 11 is 2.65. The van der Waals surface area contributed by atoms with Crippen LogP contribution in [0.5, 0.6) is 5.75 Å². The number of para-hydroxylation sites is 2. The number of anilines is 2. The lowest BCUT2D eigenvalue weighted by atomic mass is 10.2. The third-order valence-corrected chi connectivity index (χ3v) is 7.78. The summed E-state index contributed by atoms with van der Waals surface area (Å²) in [6.07, 6.45) is 0.824. The molecule has 1 atom stereocenters. The predicted octanol–water partition coefficient (Wildman–Crippen LogP) is 2.86. The number of aromatic nitrogens is 2. The molecule has 11 heteroatoms. The van der Waals surface area contributed by atoms with E-state index in [0.29, 0.717) is 20.9 Å². The molecule has 0 fully saturated rings. The molecule has 0 bridgehead atoms. The summed E-state index contributed by atoms with van der Waals surface area (Å²) in [4.78, 5) is 12.9. The Labute approximate surface area is 176 Å². The van der Waals surface area contributed by atoms with Gasteiger partial charge in [0.1, 0.15) is 5.75 Å². The number of amides is 1. The highest BCUT2D eigenvalue weighted by Crippen LogP contribution is 2.37. The quantitative estimate of drug-likeness (QED) is 0.473. The van der Waals surface area contributed by atoms with Gasteiger partial charge in [0.25, 0.3) is 15.9 Å². The van der Waals surface area contributed by atoms with Gasteiger partial charge in [-0.15, -0.1) is 10.2 Å². The van der Waals surface area contributed by atoms with E-state index in [0.717, 1.165) is 0 Å². The second kappa shape index (κ2) is 8.01. The summed E-state index contributed by atoms with van der Waals surface area (Å²) in [5.74, 6) is -0.169. The summed E-state index contributed by atoms with van der Waals surface area (Å²) in [5, 5.41) is 10.8. The Balaban J connectivity index is 1.65. The first kappa shape index (κ1) is 19.7. The zero-order chi connectivity index (χ0) is 20.4. The Morgan fingerprint density at radius 1 is 1.17 bits per heavy atom. The molecule has 0 saturated carbocycles. The summed E-state index contributed by atoms with van der Waals surface area (Å²) in [5.41, 5.74) is 0.390. The number of fused-ring (bicyclic) bond motifs is 1. The number of hydrogen-bond donors (Lipinski definition) is 1. The van der Waals surface area contributed by atoms with Gasteiger partial charge in [0.2, 0.25) is 5.13 Å². The normalized spacial score (nSPS) is 16.0. The fourth-order valence-electron chi connectivity index (χ4n) is 2.81. The lowest BCUT2D eigenvalue weighted by Crippen LogP contribution is -2.48. The molecule has 0 saturated heterocycles. The van der Waals surface area contributed by atoms with Crippen LogP contribution in [0.2, 0.25) is 0 Å². The number of carbonyl (C=O) groups excluding carboxylic acids is 1. The molecule has 0 aliphatic carbocycles. The number of sulfonamides is 1. The Hall–Kier alpha value is -2.63. The molecule has 8 nitrogen and oxygen atoms in total. The highest BCUT2D eigenvalue weighted by atomic mass is 32.2. The molecule has 0 radical (unpaired) electrons. The second-order valence-corrected chi connectivity index (χ2v) is 9.88. The Bertz CT molecular complexity index is 1130. The predicted molar refractivity (Wildman–Crippen MR) is 112 cm³/mol. The minimum Gasteiger partial charge on any atom is -0.476 e. The molecule has 1 unspecified atom stereocenters. The molecular formula is C18H16N4O4S3. The second-order valence-electron chi connectivity index (χ2n) is 5.99. The zero-order valence-electron chi connectivity index (χ0n) is 15.2. The van der Waals surface area contributed by atoms with Crippen molar-refractivity contribution in [2.75, 3.05) is 22.4 Å². The third-order valence-electron chi connectivity index (χ3n) is 4.17. The molecule has 1 aliphatic heterocycles. The number of ether oxygens (including phenoxy) is 1. The molecule has 4 rings (SSSR count). The van der Waals surface area contributed by atoms with Crippen LogP contribution in [0, 0.1) is 0 Å². The van der Waals surface area contributed by atoms with Crippen molar-refractivity contribution in [2.45, 2.75) is 15.3 Å². The van der Waals surface area contributed by atoms with Gasteiger partial charge in [-0.05, 0) is 30.5 Å². The van der Waals surface area contributed by atoms with Crippen molar-refractivity contribution >= 4 is 49.8 Å². The van der Waals surface area contributed by atoms with Gasteiger partial charge >= 0.3 is 0 Å². The maximum Gasteiger partial charge on any atom is 0.269 e. The van der Waals surface area contributed by atoms with Crippen LogP contribution in [0.15, 0.2) is 63.8 Å². The van der Waals surface area contributed by atoms with Crippen LogP contribution in [0.25, 0.3) is 0 Å². The number of nitrogens with one attached hydrogen (secondary N) is 1. The van der Waals surface area contributed by atoms with Gasteiger partial charge in [0, 0.05) is 0 Å². The van der Waals surface area contributed by atoms with E-state index in [1.54, 1.807) is 42.5 Å². The van der Waals surface area contributed by atoms with Crippen LogP contribution in [0.1, 0.15) is 0 Å². The molecule has 29 heavy (non-hydrogen) atoms. The topological polar surface area (TPSA) is 101 Å². The molecule has 3 aromatic rings. The largest absolute Gasteiger partial charge is 0.476 e. The monoisotopic (exact) mass is 448 g/mol. The number of thioether (sulfide) groups is 1. The average molecular weight is 449 g/mol. The van der Waals surface area contributed by atoms with Crippen LogP contribution < -0.4 is 14.4 Å². The summed E-state index contributed by atoms with van der Waals surface area (Å²) in [6.45, 7) is -0.158. The smallest absolute Gasteiger partial charge is 0.269 e. The molecule has 2 heterocycles. The van der Waals surface area contributed by atoms with E-state index in [2.05, 4.69) is 15.5 Å². The van der Waals surface area contributed by atoms with Crippen LogP contribution in [-0.4, -0.2) is 43.4 Å². The van der Waals surface area contributed by atoms with Crippen molar-refractivity contribution in [1.29, 1.82) is 0 Å². The molecule has 0 spiro atoms. The maximum absolute atomic E-state index is 13.2. The Morgan fingerprint density at radius 3 is 2.62 bits per heavy atom. The standard InChI is InChI=1S/C18H16N4O4S3/c1-27-18-21-20-17(28-18)19-16(23)15-11-22(13-9-5-6-10-14(13)26-15)29(24,25)12-7-3-2-4-8-12/h2-10,15H,11H2,1H3,(H,19,20,23). The van der Waals surface area contributed by atoms with E-state index in [1.807, 2.05) is 6.26 Å². The van der Waals surface area contributed by atoms with Crippen molar-refractivity contribution in [2.24, 2.45) is 0 Å². The molecule has 1 N–H and O–H groups in total. The van der Waals surface area contributed by atoms with E-state index in [1.165, 1.54) is 39.5 Å². The Kier molecular flexibility index (Phi) is 5.43. The lowest BCUT2D eigenvalue weighted by molar-refractivity contribution is -0.122. The number of carbonyl (C=O) groups is 1. The van der Waals surface area contributed by atoms with Gasteiger partial charge in [-0.3, -0.25) is 14.4 Å². The molecule has 1 aromatic heterocycles. The molecular weight excluding hydrogens is 432 g/mol. The fourth-order valence-corrected chi connectivity index (χ4v) is 5.48. The number of hydrogen-bond acceptors (Lipinski definition) is 8. The number of nitrogens with zero attached hydrogens (tertiary/aromatic N) is 3. The average Bonchev–Trinajstić information content (AvgIpc) is 3.21. The number of benzene rings is 2. The minimum absolute atomic E-state index is 0.143. The third kappa shape index (κ3) is 3.93. The first-order valence-corrected chi connectivity index (χ1v) is 12.0. The van der Waals surface area contributed by atoms with E-state index >= 15 is 0 Å².